The molecule has 4 aromatic rings. The summed E-state index contributed by atoms with van der Waals surface area (Å²) < 4.78 is 3.31. The Labute approximate surface area is 236 Å². The summed E-state index contributed by atoms with van der Waals surface area (Å²) in [4.78, 5) is 25.2. The Hall–Kier alpha value is -2.87. The molecule has 1 aromatic heterocycles. The molecule has 0 radical (unpaired) electrons. The maximum absolute atomic E-state index is 13.4. The first kappa shape index (κ1) is 25.4. The summed E-state index contributed by atoms with van der Waals surface area (Å²) in [6.07, 6.45) is 1.79. The van der Waals surface area contributed by atoms with Crippen molar-refractivity contribution in [2.75, 3.05) is 44.2 Å². The number of amides is 1. The topological polar surface area (TPSA) is 44.6 Å². The zero-order valence-corrected chi connectivity index (χ0v) is 23.6. The van der Waals surface area contributed by atoms with E-state index in [0.717, 1.165) is 96.4 Å². The smallest absolute Gasteiger partial charge is 0.225 e. The molecule has 3 heterocycles. The van der Waals surface area contributed by atoms with Gasteiger partial charge in [-0.3, -0.25) is 14.3 Å². The van der Waals surface area contributed by atoms with E-state index in [2.05, 4.69) is 77.7 Å². The summed E-state index contributed by atoms with van der Waals surface area (Å²) in [6.45, 7) is 5.79. The number of fused-ring (bicyclic) bond motifs is 1. The Balaban J connectivity index is 1.08. The van der Waals surface area contributed by atoms with E-state index in [4.69, 9.17) is 16.6 Å². The van der Waals surface area contributed by atoms with Gasteiger partial charge in [0, 0.05) is 53.0 Å². The third-order valence-corrected chi connectivity index (χ3v) is 8.49. The van der Waals surface area contributed by atoms with E-state index >= 15 is 0 Å². The van der Waals surface area contributed by atoms with Gasteiger partial charge in [0.25, 0.3) is 0 Å². The molecule has 3 aromatic carbocycles. The fraction of sp³-hybridized carbons (Fsp3) is 0.333. The van der Waals surface area contributed by atoms with Crippen molar-refractivity contribution in [2.24, 2.45) is 5.92 Å². The first-order chi connectivity index (χ1) is 18.5. The van der Waals surface area contributed by atoms with E-state index in [0.29, 0.717) is 5.91 Å². The van der Waals surface area contributed by atoms with Crippen LogP contribution in [0.1, 0.15) is 18.7 Å². The Morgan fingerprint density at radius 3 is 2.37 bits per heavy atom. The van der Waals surface area contributed by atoms with Crippen LogP contribution >= 0.6 is 27.5 Å². The molecule has 0 saturated carbocycles. The molecule has 196 valence electrons. The molecule has 0 spiro atoms. The lowest BCUT2D eigenvalue weighted by Gasteiger charge is -2.39. The van der Waals surface area contributed by atoms with E-state index in [1.807, 2.05) is 30.3 Å². The number of para-hydroxylation sites is 2. The summed E-state index contributed by atoms with van der Waals surface area (Å²) in [5.41, 5.74) is 4.35. The predicted molar refractivity (Wildman–Crippen MR) is 157 cm³/mol. The van der Waals surface area contributed by atoms with Crippen LogP contribution in [0, 0.1) is 5.92 Å². The van der Waals surface area contributed by atoms with Gasteiger partial charge in [-0.25, -0.2) is 4.98 Å². The largest absolute Gasteiger partial charge is 0.368 e. The highest BCUT2D eigenvalue weighted by Gasteiger charge is 2.31. The lowest BCUT2D eigenvalue weighted by Crippen LogP contribution is -2.51. The molecule has 0 bridgehead atoms. The molecule has 2 aliphatic heterocycles. The Morgan fingerprint density at radius 2 is 1.61 bits per heavy atom. The number of likely N-dealkylation sites (tertiary alicyclic amines) is 1. The average Bonchev–Trinajstić information content (AvgIpc) is 3.31. The summed E-state index contributed by atoms with van der Waals surface area (Å²) in [5.74, 6) is 1.45. The zero-order valence-electron chi connectivity index (χ0n) is 21.3. The molecule has 8 heteroatoms. The number of imidazole rings is 1. The van der Waals surface area contributed by atoms with Crippen LogP contribution in [0.4, 0.5) is 5.69 Å². The van der Waals surface area contributed by atoms with E-state index in [-0.39, 0.29) is 5.92 Å². The Morgan fingerprint density at radius 1 is 0.868 bits per heavy atom. The summed E-state index contributed by atoms with van der Waals surface area (Å²) in [6, 6.07) is 24.6. The molecule has 0 aliphatic carbocycles. The van der Waals surface area contributed by atoms with Crippen molar-refractivity contribution in [1.29, 1.82) is 0 Å². The minimum absolute atomic E-state index is 0.105. The van der Waals surface area contributed by atoms with Crippen molar-refractivity contribution in [1.82, 2.24) is 19.4 Å². The minimum atomic E-state index is 0.105. The molecule has 0 unspecified atom stereocenters. The van der Waals surface area contributed by atoms with Gasteiger partial charge in [-0.05, 0) is 74.5 Å². The maximum Gasteiger partial charge on any atom is 0.225 e. The normalized spacial score (nSPS) is 17.3. The molecule has 6 rings (SSSR count). The molecule has 6 nitrogen and oxygen atoms in total. The summed E-state index contributed by atoms with van der Waals surface area (Å²) in [5, 5.41) is 0.750. The van der Waals surface area contributed by atoms with Gasteiger partial charge in [0.15, 0.2) is 0 Å². The summed E-state index contributed by atoms with van der Waals surface area (Å²) in [7, 11) is 0. The van der Waals surface area contributed by atoms with Crippen LogP contribution < -0.4 is 4.90 Å². The van der Waals surface area contributed by atoms with Crippen LogP contribution in [0.3, 0.4) is 0 Å². The van der Waals surface area contributed by atoms with Crippen molar-refractivity contribution in [3.05, 3.63) is 88.1 Å². The Kier molecular flexibility index (Phi) is 7.41. The molecular weight excluding hydrogens is 562 g/mol. The Bertz CT molecular complexity index is 1440. The van der Waals surface area contributed by atoms with Gasteiger partial charge in [0.05, 0.1) is 17.6 Å². The van der Waals surface area contributed by atoms with Crippen LogP contribution in [-0.2, 0) is 11.3 Å². The lowest BCUT2D eigenvalue weighted by molar-refractivity contribution is -0.137. The number of piperidine rings is 1. The van der Waals surface area contributed by atoms with Crippen molar-refractivity contribution in [3.63, 3.8) is 0 Å². The number of anilines is 1. The van der Waals surface area contributed by atoms with Crippen molar-refractivity contribution in [2.45, 2.75) is 19.4 Å². The van der Waals surface area contributed by atoms with Gasteiger partial charge >= 0.3 is 0 Å². The van der Waals surface area contributed by atoms with Crippen LogP contribution in [0.15, 0.2) is 77.3 Å². The number of nitrogens with zero attached hydrogens (tertiary/aromatic N) is 5. The standard InChI is InChI=1S/C30H31BrClN5O/c31-23-5-3-8-26(19-23)37-28-10-2-1-9-27(28)33-29(37)21-34-13-11-22(12-14-34)30(38)36-17-15-35(16-18-36)25-7-4-6-24(32)20-25/h1-10,19-20,22H,11-18,21H2. The highest BCUT2D eigenvalue weighted by Crippen LogP contribution is 2.27. The number of carbonyl (C=O) groups is 1. The van der Waals surface area contributed by atoms with Gasteiger partial charge in [-0.2, -0.15) is 0 Å². The van der Waals surface area contributed by atoms with Crippen LogP contribution in [-0.4, -0.2) is 64.5 Å². The van der Waals surface area contributed by atoms with Gasteiger partial charge in [0.2, 0.25) is 5.91 Å². The molecule has 38 heavy (non-hydrogen) atoms. The molecule has 2 fully saturated rings. The van der Waals surface area contributed by atoms with Gasteiger partial charge in [-0.15, -0.1) is 0 Å². The highest BCUT2D eigenvalue weighted by atomic mass is 79.9. The van der Waals surface area contributed by atoms with Gasteiger partial charge in [0.1, 0.15) is 5.82 Å². The highest BCUT2D eigenvalue weighted by molar-refractivity contribution is 9.10. The number of halogens is 2. The predicted octanol–water partition coefficient (Wildman–Crippen LogP) is 6.00. The molecule has 0 N–H and O–H groups in total. The number of hydrogen-bond donors (Lipinski definition) is 0. The number of carbonyl (C=O) groups excluding carboxylic acids is 1. The average molecular weight is 593 g/mol. The molecule has 2 saturated heterocycles. The van der Waals surface area contributed by atoms with Crippen molar-refractivity contribution in [3.8, 4) is 5.69 Å². The third kappa shape index (κ3) is 5.33. The summed E-state index contributed by atoms with van der Waals surface area (Å²) >= 11 is 9.79. The monoisotopic (exact) mass is 591 g/mol. The van der Waals surface area contributed by atoms with Crippen LogP contribution in [0.25, 0.3) is 16.7 Å². The number of benzene rings is 3. The SMILES string of the molecule is O=C(C1CCN(Cc2nc3ccccc3n2-c2cccc(Br)c2)CC1)N1CCN(c2cccc(Cl)c2)CC1. The van der Waals surface area contributed by atoms with E-state index in [1.54, 1.807) is 0 Å². The molecule has 1 amide bonds. The molecule has 0 atom stereocenters. The number of piperazine rings is 1. The van der Waals surface area contributed by atoms with Crippen LogP contribution in [0.5, 0.6) is 0 Å². The van der Waals surface area contributed by atoms with E-state index in [9.17, 15) is 4.79 Å². The van der Waals surface area contributed by atoms with E-state index < -0.39 is 0 Å². The second-order valence-electron chi connectivity index (χ2n) is 10.2. The van der Waals surface area contributed by atoms with Crippen molar-refractivity contribution >= 4 is 50.2 Å². The maximum atomic E-state index is 13.4. The van der Waals surface area contributed by atoms with Gasteiger partial charge < -0.3 is 9.80 Å². The fourth-order valence-corrected chi connectivity index (χ4v) is 6.31. The second-order valence-corrected chi connectivity index (χ2v) is 11.5. The first-order valence-electron chi connectivity index (χ1n) is 13.3. The van der Waals surface area contributed by atoms with Crippen LogP contribution in [0.2, 0.25) is 5.02 Å². The third-order valence-electron chi connectivity index (χ3n) is 7.76. The number of rotatable bonds is 5. The second kappa shape index (κ2) is 11.1. The quantitative estimate of drug-likeness (QED) is 0.285. The number of hydrogen-bond acceptors (Lipinski definition) is 4. The molecule has 2 aliphatic rings. The minimum Gasteiger partial charge on any atom is -0.368 e. The zero-order chi connectivity index (χ0) is 26.1. The first-order valence-corrected chi connectivity index (χ1v) is 14.5. The van der Waals surface area contributed by atoms with Gasteiger partial charge in [-0.1, -0.05) is 51.8 Å². The number of aromatic nitrogens is 2. The molecular formula is C30H31BrClN5O. The fourth-order valence-electron chi connectivity index (χ4n) is 5.74. The van der Waals surface area contributed by atoms with E-state index in [1.165, 1.54) is 0 Å². The lowest BCUT2D eigenvalue weighted by atomic mass is 9.95. The van der Waals surface area contributed by atoms with Crippen molar-refractivity contribution < 1.29 is 4.79 Å².